The van der Waals surface area contributed by atoms with Crippen LogP contribution < -0.4 is 15.1 Å². The standard InChI is InChI=1S/C21H29N7O3/c1-21(2)13-30-8-7-28(21)18-9-19(27-11-14-3-4-15(12-27)31-14)26-25-17(18)10-22-20(29)16-5-6-23-24-16/h5-6,9,14-15H,3-4,7-8,10-13H2,1-2H3,(H,22,29)(H,23,24). The van der Waals surface area contributed by atoms with E-state index < -0.39 is 0 Å². The van der Waals surface area contributed by atoms with Crippen LogP contribution in [0, 0.1) is 0 Å². The van der Waals surface area contributed by atoms with E-state index in [-0.39, 0.29) is 30.2 Å². The minimum atomic E-state index is -0.222. The molecule has 0 radical (unpaired) electrons. The third-order valence-corrected chi connectivity index (χ3v) is 6.30. The van der Waals surface area contributed by atoms with Crippen molar-refractivity contribution >= 4 is 17.4 Å². The van der Waals surface area contributed by atoms with E-state index in [1.165, 1.54) is 0 Å². The van der Waals surface area contributed by atoms with E-state index >= 15 is 0 Å². The maximum atomic E-state index is 12.4. The van der Waals surface area contributed by atoms with Crippen LogP contribution >= 0.6 is 0 Å². The van der Waals surface area contributed by atoms with Crippen molar-refractivity contribution in [2.24, 2.45) is 0 Å². The predicted octanol–water partition coefficient (Wildman–Crippen LogP) is 1.11. The maximum Gasteiger partial charge on any atom is 0.269 e. The number of ether oxygens (including phenoxy) is 2. The number of H-pyrrole nitrogens is 1. The number of amides is 1. The normalized spacial score (nSPS) is 25.0. The predicted molar refractivity (Wildman–Crippen MR) is 114 cm³/mol. The summed E-state index contributed by atoms with van der Waals surface area (Å²) in [5.74, 6) is 0.640. The highest BCUT2D eigenvalue weighted by Gasteiger charge is 2.36. The Morgan fingerprint density at radius 1 is 1.29 bits per heavy atom. The zero-order valence-electron chi connectivity index (χ0n) is 18.0. The van der Waals surface area contributed by atoms with Crippen LogP contribution in [-0.4, -0.2) is 76.9 Å². The Morgan fingerprint density at radius 3 is 2.81 bits per heavy atom. The number of aromatic amines is 1. The molecule has 2 unspecified atom stereocenters. The van der Waals surface area contributed by atoms with Gasteiger partial charge in [0.2, 0.25) is 0 Å². The molecule has 2 aromatic heterocycles. The minimum Gasteiger partial charge on any atom is -0.377 e. The van der Waals surface area contributed by atoms with Gasteiger partial charge in [-0.3, -0.25) is 9.89 Å². The van der Waals surface area contributed by atoms with Crippen molar-refractivity contribution in [2.75, 3.05) is 42.6 Å². The molecule has 2 atom stereocenters. The first-order chi connectivity index (χ1) is 15.0. The summed E-state index contributed by atoms with van der Waals surface area (Å²) in [6.45, 7) is 8.33. The quantitative estimate of drug-likeness (QED) is 0.731. The number of aromatic nitrogens is 4. The molecule has 2 N–H and O–H groups in total. The molecule has 2 aromatic rings. The Balaban J connectivity index is 1.42. The zero-order valence-corrected chi connectivity index (χ0v) is 18.0. The average Bonchev–Trinajstić information content (AvgIpc) is 3.41. The molecule has 10 heteroatoms. The number of morpholine rings is 2. The van der Waals surface area contributed by atoms with Crippen LogP contribution in [0.4, 0.5) is 11.5 Å². The molecular weight excluding hydrogens is 398 g/mol. The summed E-state index contributed by atoms with van der Waals surface area (Å²) < 4.78 is 11.7. The molecular formula is C21H29N7O3. The van der Waals surface area contributed by atoms with Gasteiger partial charge in [0.1, 0.15) is 11.4 Å². The van der Waals surface area contributed by atoms with Gasteiger partial charge in [0.15, 0.2) is 5.82 Å². The lowest BCUT2D eigenvalue weighted by atomic mass is 10.0. The van der Waals surface area contributed by atoms with Gasteiger partial charge in [-0.05, 0) is 32.8 Å². The number of carbonyl (C=O) groups is 1. The number of rotatable bonds is 5. The fourth-order valence-corrected chi connectivity index (χ4v) is 4.66. The van der Waals surface area contributed by atoms with Crippen LogP contribution in [0.25, 0.3) is 0 Å². The molecule has 5 heterocycles. The fraction of sp³-hybridized carbons (Fsp3) is 0.619. The molecule has 31 heavy (non-hydrogen) atoms. The van der Waals surface area contributed by atoms with E-state index in [4.69, 9.17) is 9.47 Å². The molecule has 5 rings (SSSR count). The van der Waals surface area contributed by atoms with Gasteiger partial charge in [0, 0.05) is 31.9 Å². The van der Waals surface area contributed by atoms with Crippen molar-refractivity contribution in [2.45, 2.75) is 51.0 Å². The van der Waals surface area contributed by atoms with Crippen LogP contribution in [0.2, 0.25) is 0 Å². The van der Waals surface area contributed by atoms with Gasteiger partial charge in [0.05, 0.1) is 43.2 Å². The Bertz CT molecular complexity index is 921. The van der Waals surface area contributed by atoms with E-state index in [2.05, 4.69) is 55.4 Å². The number of hydrogen-bond acceptors (Lipinski definition) is 8. The van der Waals surface area contributed by atoms with E-state index in [9.17, 15) is 4.79 Å². The largest absolute Gasteiger partial charge is 0.377 e. The van der Waals surface area contributed by atoms with Crippen LogP contribution in [0.1, 0.15) is 42.9 Å². The SMILES string of the molecule is CC1(C)COCCN1c1cc(N2CC3CCC(C2)O3)nnc1CNC(=O)c1ccn[nH]1. The molecule has 166 valence electrons. The fourth-order valence-electron chi connectivity index (χ4n) is 4.66. The Labute approximate surface area is 181 Å². The molecule has 0 spiro atoms. The highest BCUT2D eigenvalue weighted by atomic mass is 16.5. The lowest BCUT2D eigenvalue weighted by molar-refractivity contribution is 0.0301. The second-order valence-corrected chi connectivity index (χ2v) is 9.07. The summed E-state index contributed by atoms with van der Waals surface area (Å²) in [4.78, 5) is 17.0. The minimum absolute atomic E-state index is 0.190. The maximum absolute atomic E-state index is 12.4. The summed E-state index contributed by atoms with van der Waals surface area (Å²) in [7, 11) is 0. The summed E-state index contributed by atoms with van der Waals surface area (Å²) in [5, 5.41) is 18.5. The Morgan fingerprint density at radius 2 is 2.10 bits per heavy atom. The summed E-state index contributed by atoms with van der Waals surface area (Å²) in [6, 6.07) is 3.76. The van der Waals surface area contributed by atoms with Crippen LogP contribution in [0.5, 0.6) is 0 Å². The summed E-state index contributed by atoms with van der Waals surface area (Å²) >= 11 is 0. The third-order valence-electron chi connectivity index (χ3n) is 6.30. The van der Waals surface area contributed by atoms with Crippen LogP contribution in [-0.2, 0) is 16.0 Å². The number of nitrogens with one attached hydrogen (secondary N) is 2. The van der Waals surface area contributed by atoms with Crippen LogP contribution in [0.15, 0.2) is 18.3 Å². The first-order valence-electron chi connectivity index (χ1n) is 10.9. The monoisotopic (exact) mass is 427 g/mol. The van der Waals surface area contributed by atoms with E-state index in [1.54, 1.807) is 12.3 Å². The van der Waals surface area contributed by atoms with Gasteiger partial charge in [-0.15, -0.1) is 10.2 Å². The lowest BCUT2D eigenvalue weighted by Gasteiger charge is -2.44. The summed E-state index contributed by atoms with van der Waals surface area (Å²) in [6.07, 6.45) is 4.32. The smallest absolute Gasteiger partial charge is 0.269 e. The average molecular weight is 428 g/mol. The van der Waals surface area contributed by atoms with Gasteiger partial charge in [-0.1, -0.05) is 0 Å². The van der Waals surface area contributed by atoms with Crippen molar-refractivity contribution in [3.63, 3.8) is 0 Å². The van der Waals surface area contributed by atoms with Gasteiger partial charge >= 0.3 is 0 Å². The van der Waals surface area contributed by atoms with E-state index in [0.717, 1.165) is 49.7 Å². The highest BCUT2D eigenvalue weighted by Crippen LogP contribution is 2.34. The molecule has 3 fully saturated rings. The second-order valence-electron chi connectivity index (χ2n) is 9.07. The number of nitrogens with zero attached hydrogens (tertiary/aromatic N) is 5. The molecule has 3 aliphatic heterocycles. The highest BCUT2D eigenvalue weighted by molar-refractivity contribution is 5.92. The zero-order chi connectivity index (χ0) is 21.4. The molecule has 0 aliphatic carbocycles. The molecule has 3 aliphatic rings. The molecule has 0 saturated carbocycles. The topological polar surface area (TPSA) is 108 Å². The van der Waals surface area contributed by atoms with Crippen molar-refractivity contribution in [1.29, 1.82) is 0 Å². The van der Waals surface area contributed by atoms with Crippen molar-refractivity contribution in [3.8, 4) is 0 Å². The number of hydrogen-bond donors (Lipinski definition) is 2. The lowest BCUT2D eigenvalue weighted by Crippen LogP contribution is -2.54. The molecule has 0 aromatic carbocycles. The molecule has 10 nitrogen and oxygen atoms in total. The Hall–Kier alpha value is -2.72. The molecule has 3 saturated heterocycles. The van der Waals surface area contributed by atoms with Crippen molar-refractivity contribution in [3.05, 3.63) is 29.7 Å². The second kappa shape index (κ2) is 8.08. The first kappa shape index (κ1) is 20.2. The Kier molecular flexibility index (Phi) is 5.27. The van der Waals surface area contributed by atoms with Gasteiger partial charge in [-0.25, -0.2) is 0 Å². The van der Waals surface area contributed by atoms with Gasteiger partial charge in [-0.2, -0.15) is 5.10 Å². The first-order valence-corrected chi connectivity index (χ1v) is 10.9. The summed E-state index contributed by atoms with van der Waals surface area (Å²) in [5.41, 5.74) is 1.96. The third kappa shape index (κ3) is 4.09. The molecule has 2 bridgehead atoms. The van der Waals surface area contributed by atoms with Crippen molar-refractivity contribution < 1.29 is 14.3 Å². The van der Waals surface area contributed by atoms with Crippen LogP contribution in [0.3, 0.4) is 0 Å². The van der Waals surface area contributed by atoms with E-state index in [1.807, 2.05) is 0 Å². The van der Waals surface area contributed by atoms with Gasteiger partial charge < -0.3 is 24.6 Å². The number of anilines is 2. The molecule has 1 amide bonds. The number of carbonyl (C=O) groups excluding carboxylic acids is 1. The van der Waals surface area contributed by atoms with Crippen molar-refractivity contribution in [1.82, 2.24) is 25.7 Å². The number of fused-ring (bicyclic) bond motifs is 2. The van der Waals surface area contributed by atoms with E-state index in [0.29, 0.717) is 18.9 Å². The van der Waals surface area contributed by atoms with Gasteiger partial charge in [0.25, 0.3) is 5.91 Å².